The monoisotopic (exact) mass is 920 g/mol. The minimum absolute atomic E-state index is 0.0197. The van der Waals surface area contributed by atoms with Crippen LogP contribution in [0.5, 0.6) is 0 Å². The zero-order chi connectivity index (χ0) is 46.9. The molecular formula is C55H102NO7P. The Kier molecular flexibility index (Phi) is 46.3. The number of esters is 1. The van der Waals surface area contributed by atoms with Crippen LogP contribution in [0.4, 0.5) is 0 Å². The van der Waals surface area contributed by atoms with Gasteiger partial charge in [0.2, 0.25) is 0 Å². The van der Waals surface area contributed by atoms with Gasteiger partial charge in [-0.1, -0.05) is 222 Å². The number of phosphoric ester groups is 1. The van der Waals surface area contributed by atoms with Gasteiger partial charge in [-0.2, -0.15) is 0 Å². The summed E-state index contributed by atoms with van der Waals surface area (Å²) in [6.45, 7) is 5.26. The highest BCUT2D eigenvalue weighted by atomic mass is 31.2. The van der Waals surface area contributed by atoms with E-state index in [1.807, 2.05) is 21.1 Å². The fourth-order valence-electron chi connectivity index (χ4n) is 7.28. The molecule has 2 unspecified atom stereocenters. The van der Waals surface area contributed by atoms with Gasteiger partial charge in [0, 0.05) is 13.0 Å². The molecule has 0 aliphatic carbocycles. The zero-order valence-electron chi connectivity index (χ0n) is 42.5. The van der Waals surface area contributed by atoms with Crippen molar-refractivity contribution in [2.24, 2.45) is 0 Å². The van der Waals surface area contributed by atoms with Crippen molar-refractivity contribution in [1.29, 1.82) is 0 Å². The number of likely N-dealkylation sites (N-methyl/N-ethyl adjacent to an activating group) is 1. The smallest absolute Gasteiger partial charge is 0.306 e. The molecule has 0 saturated carbocycles. The summed E-state index contributed by atoms with van der Waals surface area (Å²) in [6.07, 6.45) is 61.1. The molecule has 0 spiro atoms. The Hall–Kier alpha value is -1.80. The van der Waals surface area contributed by atoms with Gasteiger partial charge in [-0.3, -0.25) is 9.36 Å². The number of quaternary nitrogens is 1. The maximum absolute atomic E-state index is 12.8. The SMILES string of the molecule is CC/C=C\C/C=C\C/C=C\C/C=C\C/C=C\CCCCCCOCC(COP(=O)([O-])OCC[N+](C)(C)C)OC(=O)CCCCCCCCCCCCCCCCCCCCCCCC. The van der Waals surface area contributed by atoms with Crippen molar-refractivity contribution in [2.45, 2.75) is 232 Å². The molecule has 0 aromatic carbocycles. The molecule has 0 saturated heterocycles. The average molecular weight is 920 g/mol. The Labute approximate surface area is 396 Å². The normalized spacial score (nSPS) is 14.0. The third-order valence-corrected chi connectivity index (χ3v) is 12.3. The van der Waals surface area contributed by atoms with Crippen LogP contribution in [0, 0.1) is 0 Å². The topological polar surface area (TPSA) is 94.1 Å². The van der Waals surface area contributed by atoms with E-state index >= 15 is 0 Å². The lowest BCUT2D eigenvalue weighted by molar-refractivity contribution is -0.870. The maximum atomic E-state index is 12.8. The summed E-state index contributed by atoms with van der Waals surface area (Å²) in [5, 5.41) is 0. The van der Waals surface area contributed by atoms with Gasteiger partial charge in [-0.25, -0.2) is 0 Å². The van der Waals surface area contributed by atoms with Crippen LogP contribution in [0.2, 0.25) is 0 Å². The molecule has 0 aromatic heterocycles. The fourth-order valence-corrected chi connectivity index (χ4v) is 8.01. The second kappa shape index (κ2) is 47.7. The first kappa shape index (κ1) is 62.2. The third kappa shape index (κ3) is 51.2. The van der Waals surface area contributed by atoms with E-state index in [2.05, 4.69) is 74.6 Å². The largest absolute Gasteiger partial charge is 0.756 e. The number of hydrogen-bond acceptors (Lipinski definition) is 7. The lowest BCUT2D eigenvalue weighted by Crippen LogP contribution is -2.37. The Morgan fingerprint density at radius 3 is 1.36 bits per heavy atom. The lowest BCUT2D eigenvalue weighted by Gasteiger charge is -2.28. The van der Waals surface area contributed by atoms with Crippen LogP contribution in [0.3, 0.4) is 0 Å². The number of phosphoric acid groups is 1. The molecule has 374 valence electrons. The molecule has 64 heavy (non-hydrogen) atoms. The van der Waals surface area contributed by atoms with E-state index in [1.165, 1.54) is 122 Å². The molecule has 0 fully saturated rings. The van der Waals surface area contributed by atoms with Gasteiger partial charge in [0.15, 0.2) is 0 Å². The van der Waals surface area contributed by atoms with E-state index in [4.69, 9.17) is 18.5 Å². The molecule has 0 amide bonds. The quantitative estimate of drug-likeness (QED) is 0.0197. The molecule has 0 aromatic rings. The summed E-state index contributed by atoms with van der Waals surface area (Å²) in [7, 11) is 1.34. The fraction of sp³-hybridized carbons (Fsp3) is 0.800. The highest BCUT2D eigenvalue weighted by Crippen LogP contribution is 2.38. The summed E-state index contributed by atoms with van der Waals surface area (Å²) in [4.78, 5) is 25.2. The number of nitrogens with zero attached hydrogens (tertiary/aromatic N) is 1. The first-order valence-corrected chi connectivity index (χ1v) is 28.0. The second-order valence-corrected chi connectivity index (χ2v) is 20.3. The Morgan fingerprint density at radius 1 is 0.500 bits per heavy atom. The third-order valence-electron chi connectivity index (χ3n) is 11.3. The highest BCUT2D eigenvalue weighted by molar-refractivity contribution is 7.45. The van der Waals surface area contributed by atoms with Crippen molar-refractivity contribution in [3.8, 4) is 0 Å². The van der Waals surface area contributed by atoms with Crippen LogP contribution in [-0.4, -0.2) is 70.7 Å². The van der Waals surface area contributed by atoms with Crippen LogP contribution in [0.15, 0.2) is 60.8 Å². The van der Waals surface area contributed by atoms with Gasteiger partial charge < -0.3 is 27.9 Å². The number of unbranched alkanes of at least 4 members (excludes halogenated alkanes) is 25. The van der Waals surface area contributed by atoms with Crippen molar-refractivity contribution < 1.29 is 37.3 Å². The van der Waals surface area contributed by atoms with Gasteiger partial charge in [-0.05, 0) is 57.8 Å². The number of ether oxygens (including phenoxy) is 2. The van der Waals surface area contributed by atoms with Gasteiger partial charge >= 0.3 is 5.97 Å². The van der Waals surface area contributed by atoms with Crippen molar-refractivity contribution >= 4 is 13.8 Å². The number of carbonyl (C=O) groups excluding carboxylic acids is 1. The van der Waals surface area contributed by atoms with Crippen molar-refractivity contribution in [2.75, 3.05) is 54.1 Å². The summed E-state index contributed by atoms with van der Waals surface area (Å²) >= 11 is 0. The molecule has 0 heterocycles. The van der Waals surface area contributed by atoms with Crippen LogP contribution in [0.25, 0.3) is 0 Å². The van der Waals surface area contributed by atoms with E-state index in [0.717, 1.165) is 83.5 Å². The minimum atomic E-state index is -4.54. The van der Waals surface area contributed by atoms with E-state index in [1.54, 1.807) is 0 Å². The molecule has 0 N–H and O–H groups in total. The highest BCUT2D eigenvalue weighted by Gasteiger charge is 2.20. The summed E-state index contributed by atoms with van der Waals surface area (Å²) in [5.41, 5.74) is 0. The molecule has 0 rings (SSSR count). The standard InChI is InChI=1S/C55H102NO7P/c1-6-8-10-12-14-16-18-20-22-24-26-28-29-30-32-34-36-38-40-42-44-46-48-55(57)63-54(53-62-64(58,59)61-51-49-56(3,4)5)52-60-50-47-45-43-41-39-37-35-33-31-27-25-23-21-19-17-15-13-11-9-7-2/h9,11,15,17,21,23,27,31,35,37,54H,6-8,10,12-14,16,18-20,22,24-26,28-30,32-34,36,38-53H2,1-5H3/b11-9-,17-15-,23-21-,31-27-,37-35-. The first-order valence-electron chi connectivity index (χ1n) is 26.5. The van der Waals surface area contributed by atoms with Crippen LogP contribution in [-0.2, 0) is 27.9 Å². The van der Waals surface area contributed by atoms with Crippen LogP contribution >= 0.6 is 7.82 Å². The van der Waals surface area contributed by atoms with E-state index in [0.29, 0.717) is 24.1 Å². The zero-order valence-corrected chi connectivity index (χ0v) is 43.4. The van der Waals surface area contributed by atoms with Crippen molar-refractivity contribution in [3.05, 3.63) is 60.8 Å². The van der Waals surface area contributed by atoms with E-state index in [9.17, 15) is 14.3 Å². The van der Waals surface area contributed by atoms with Gasteiger partial charge in [-0.15, -0.1) is 0 Å². The molecule has 8 nitrogen and oxygen atoms in total. The maximum Gasteiger partial charge on any atom is 0.306 e. The van der Waals surface area contributed by atoms with Crippen LogP contribution < -0.4 is 4.89 Å². The summed E-state index contributed by atoms with van der Waals surface area (Å²) in [5.74, 6) is -0.341. The van der Waals surface area contributed by atoms with Gasteiger partial charge in [0.25, 0.3) is 7.82 Å². The minimum Gasteiger partial charge on any atom is -0.756 e. The predicted molar refractivity (Wildman–Crippen MR) is 273 cm³/mol. The number of allylic oxidation sites excluding steroid dienone is 10. The van der Waals surface area contributed by atoms with E-state index in [-0.39, 0.29) is 25.8 Å². The number of carbonyl (C=O) groups is 1. The molecule has 2 atom stereocenters. The molecule has 9 heteroatoms. The van der Waals surface area contributed by atoms with Gasteiger partial charge in [0.1, 0.15) is 19.3 Å². The number of hydrogen-bond donors (Lipinski definition) is 0. The van der Waals surface area contributed by atoms with Crippen molar-refractivity contribution in [3.63, 3.8) is 0 Å². The first-order chi connectivity index (χ1) is 31.1. The predicted octanol–water partition coefficient (Wildman–Crippen LogP) is 15.8. The summed E-state index contributed by atoms with van der Waals surface area (Å²) < 4.78 is 34.7. The second-order valence-electron chi connectivity index (χ2n) is 18.9. The lowest BCUT2D eigenvalue weighted by atomic mass is 10.0. The van der Waals surface area contributed by atoms with Crippen LogP contribution in [0.1, 0.15) is 226 Å². The summed E-state index contributed by atoms with van der Waals surface area (Å²) in [6, 6.07) is 0. The van der Waals surface area contributed by atoms with Gasteiger partial charge in [0.05, 0.1) is 34.4 Å². The number of rotatable bonds is 49. The average Bonchev–Trinajstić information content (AvgIpc) is 3.25. The Morgan fingerprint density at radius 2 is 0.906 bits per heavy atom. The molecule has 0 aliphatic heterocycles. The molecule has 0 radical (unpaired) electrons. The molecular weight excluding hydrogens is 818 g/mol. The Bertz CT molecular complexity index is 1210. The van der Waals surface area contributed by atoms with E-state index < -0.39 is 13.9 Å². The van der Waals surface area contributed by atoms with Crippen molar-refractivity contribution in [1.82, 2.24) is 0 Å². The molecule has 0 bridgehead atoms. The molecule has 0 aliphatic rings. The Balaban J connectivity index is 4.16.